The zero-order chi connectivity index (χ0) is 11.9. The summed E-state index contributed by atoms with van der Waals surface area (Å²) in [5, 5.41) is 0. The van der Waals surface area contributed by atoms with Crippen LogP contribution in [0.1, 0.15) is 27.2 Å². The topological polar surface area (TPSA) is 44.1 Å². The Labute approximate surface area is 88.6 Å². The number of nitrogens with one attached hydrogen (secondary N) is 1. The molecule has 1 radical (unpaired) electrons. The molecule has 0 bridgehead atoms. The van der Waals surface area contributed by atoms with Crippen LogP contribution in [0.2, 0.25) is 0 Å². The Morgan fingerprint density at radius 1 is 1.47 bits per heavy atom. The normalized spacial score (nSPS) is 22.9. The van der Waals surface area contributed by atoms with Crippen LogP contribution >= 0.6 is 0 Å². The van der Waals surface area contributed by atoms with E-state index in [1.54, 1.807) is 20.8 Å². The highest BCUT2D eigenvalue weighted by atomic mass is 19.3. The van der Waals surface area contributed by atoms with E-state index in [0.29, 0.717) is 0 Å². The fourth-order valence-electron chi connectivity index (χ4n) is 1.48. The van der Waals surface area contributed by atoms with Crippen LogP contribution in [-0.2, 0) is 4.79 Å². The Morgan fingerprint density at radius 3 is 2.33 bits per heavy atom. The summed E-state index contributed by atoms with van der Waals surface area (Å²) in [6.07, 6.45) is -0.282. The maximum Gasteiger partial charge on any atom is 0.267 e. The van der Waals surface area contributed by atoms with E-state index in [0.717, 1.165) is 4.90 Å². The van der Waals surface area contributed by atoms with Gasteiger partial charge in [0.1, 0.15) is 6.04 Å². The maximum absolute atomic E-state index is 12.9. The molecule has 0 aromatic rings. The Bertz CT molecular complexity index is 261. The summed E-state index contributed by atoms with van der Waals surface area (Å²) in [5.74, 6) is -3.26. The molecule has 1 aliphatic rings. The third kappa shape index (κ3) is 2.87. The first kappa shape index (κ1) is 12.4. The number of carbonyl (C=O) groups excluding carboxylic acids is 1. The van der Waals surface area contributed by atoms with Gasteiger partial charge in [-0.05, 0) is 5.41 Å². The first-order chi connectivity index (χ1) is 6.63. The first-order valence-corrected chi connectivity index (χ1v) is 5.01. The SMILES string of the molecule is CC(C)(C)C([NH])C(=O)N1CCC(F)(F)C1. The highest BCUT2D eigenvalue weighted by molar-refractivity contribution is 5.82. The Balaban J connectivity index is 2.64. The molecule has 0 aromatic heterocycles. The fourth-order valence-corrected chi connectivity index (χ4v) is 1.48. The van der Waals surface area contributed by atoms with Crippen molar-refractivity contribution in [2.75, 3.05) is 13.1 Å². The lowest BCUT2D eigenvalue weighted by Gasteiger charge is -2.28. The van der Waals surface area contributed by atoms with Crippen LogP contribution in [0.25, 0.3) is 0 Å². The van der Waals surface area contributed by atoms with Gasteiger partial charge in [0.25, 0.3) is 5.92 Å². The van der Waals surface area contributed by atoms with Gasteiger partial charge < -0.3 is 4.90 Å². The van der Waals surface area contributed by atoms with Crippen LogP contribution in [0, 0.1) is 5.41 Å². The number of alkyl halides is 2. The van der Waals surface area contributed by atoms with Gasteiger partial charge in [-0.15, -0.1) is 0 Å². The van der Waals surface area contributed by atoms with Crippen LogP contribution < -0.4 is 5.73 Å². The number of amides is 1. The number of hydrogen-bond acceptors (Lipinski definition) is 1. The van der Waals surface area contributed by atoms with Gasteiger partial charge in [-0.1, -0.05) is 20.8 Å². The minimum atomic E-state index is -2.77. The van der Waals surface area contributed by atoms with Gasteiger partial charge in [0.05, 0.1) is 6.54 Å². The molecule has 1 aliphatic heterocycles. The number of likely N-dealkylation sites (tertiary alicyclic amines) is 1. The minimum Gasteiger partial charge on any atom is -0.335 e. The molecule has 0 aliphatic carbocycles. The van der Waals surface area contributed by atoms with E-state index < -0.39 is 29.8 Å². The summed E-state index contributed by atoms with van der Waals surface area (Å²) >= 11 is 0. The molecule has 0 spiro atoms. The number of hydrogen-bond donors (Lipinski definition) is 0. The van der Waals surface area contributed by atoms with E-state index in [9.17, 15) is 13.6 Å². The number of carbonyl (C=O) groups is 1. The molecule has 1 atom stereocenters. The maximum atomic E-state index is 12.9. The summed E-state index contributed by atoms with van der Waals surface area (Å²) in [5.41, 5.74) is 7.18. The molecule has 3 nitrogen and oxygen atoms in total. The molecule has 5 heteroatoms. The van der Waals surface area contributed by atoms with Crippen molar-refractivity contribution in [3.8, 4) is 0 Å². The van der Waals surface area contributed by atoms with E-state index in [2.05, 4.69) is 0 Å². The number of halogens is 2. The molecule has 87 valence electrons. The lowest BCUT2D eigenvalue weighted by Crippen LogP contribution is -2.45. The summed E-state index contributed by atoms with van der Waals surface area (Å²) in [7, 11) is 0. The van der Waals surface area contributed by atoms with Crippen molar-refractivity contribution in [1.82, 2.24) is 10.6 Å². The Kier molecular flexibility index (Phi) is 3.05. The molecule has 1 unspecified atom stereocenters. The molecular formula is C10H17F2N2O. The second-order valence-electron chi connectivity index (χ2n) is 5.16. The summed E-state index contributed by atoms with van der Waals surface area (Å²) in [6, 6.07) is -0.966. The largest absolute Gasteiger partial charge is 0.335 e. The third-order valence-corrected chi connectivity index (χ3v) is 2.59. The van der Waals surface area contributed by atoms with Crippen molar-refractivity contribution in [1.29, 1.82) is 0 Å². The summed E-state index contributed by atoms with van der Waals surface area (Å²) in [6.45, 7) is 4.82. The molecule has 0 saturated carbocycles. The van der Waals surface area contributed by atoms with Crippen molar-refractivity contribution >= 4 is 5.91 Å². The van der Waals surface area contributed by atoms with Gasteiger partial charge in [0, 0.05) is 13.0 Å². The van der Waals surface area contributed by atoms with E-state index in [1.807, 2.05) is 0 Å². The lowest BCUT2D eigenvalue weighted by molar-refractivity contribution is -0.135. The molecule has 1 saturated heterocycles. The van der Waals surface area contributed by atoms with E-state index >= 15 is 0 Å². The quantitative estimate of drug-likeness (QED) is 0.660. The number of rotatable bonds is 1. The van der Waals surface area contributed by atoms with Crippen molar-refractivity contribution in [3.05, 3.63) is 0 Å². The number of nitrogens with zero attached hydrogens (tertiary/aromatic N) is 1. The molecule has 15 heavy (non-hydrogen) atoms. The van der Waals surface area contributed by atoms with Gasteiger partial charge in [0.15, 0.2) is 0 Å². The summed E-state index contributed by atoms with van der Waals surface area (Å²) in [4.78, 5) is 12.8. The van der Waals surface area contributed by atoms with Crippen molar-refractivity contribution in [2.24, 2.45) is 5.41 Å². The van der Waals surface area contributed by atoms with Gasteiger partial charge in [-0.3, -0.25) is 4.79 Å². The molecule has 1 fully saturated rings. The second kappa shape index (κ2) is 3.70. The predicted molar refractivity (Wildman–Crippen MR) is 52.5 cm³/mol. The zero-order valence-corrected chi connectivity index (χ0v) is 9.31. The predicted octanol–water partition coefficient (Wildman–Crippen LogP) is 1.55. The third-order valence-electron chi connectivity index (χ3n) is 2.59. The highest BCUT2D eigenvalue weighted by Crippen LogP contribution is 2.29. The Morgan fingerprint density at radius 2 is 2.00 bits per heavy atom. The molecule has 1 heterocycles. The standard InChI is InChI=1S/C10H17F2N2O/c1-9(2,3)7(13)8(15)14-5-4-10(11,12)6-14/h7,13H,4-6H2,1-3H3. The van der Waals surface area contributed by atoms with Crippen LogP contribution in [-0.4, -0.2) is 35.9 Å². The van der Waals surface area contributed by atoms with E-state index in [-0.39, 0.29) is 13.0 Å². The van der Waals surface area contributed by atoms with Crippen LogP contribution in [0.3, 0.4) is 0 Å². The fraction of sp³-hybridized carbons (Fsp3) is 0.900. The molecule has 1 amide bonds. The lowest BCUT2D eigenvalue weighted by atomic mass is 9.86. The van der Waals surface area contributed by atoms with Gasteiger partial charge in [-0.25, -0.2) is 14.5 Å². The van der Waals surface area contributed by atoms with E-state index in [1.165, 1.54) is 0 Å². The van der Waals surface area contributed by atoms with Crippen molar-refractivity contribution in [3.63, 3.8) is 0 Å². The average molecular weight is 219 g/mol. The second-order valence-corrected chi connectivity index (χ2v) is 5.16. The van der Waals surface area contributed by atoms with E-state index in [4.69, 9.17) is 5.73 Å². The summed E-state index contributed by atoms with van der Waals surface area (Å²) < 4.78 is 25.7. The van der Waals surface area contributed by atoms with Crippen LogP contribution in [0.5, 0.6) is 0 Å². The molecular weight excluding hydrogens is 202 g/mol. The van der Waals surface area contributed by atoms with Crippen molar-refractivity contribution < 1.29 is 13.6 Å². The molecule has 0 aromatic carbocycles. The molecule has 1 N–H and O–H groups in total. The van der Waals surface area contributed by atoms with Crippen molar-refractivity contribution in [2.45, 2.75) is 39.2 Å². The van der Waals surface area contributed by atoms with Crippen LogP contribution in [0.15, 0.2) is 0 Å². The average Bonchev–Trinajstić information content (AvgIpc) is 2.42. The van der Waals surface area contributed by atoms with Gasteiger partial charge in [-0.2, -0.15) is 0 Å². The Hall–Kier alpha value is -0.710. The molecule has 1 rings (SSSR count). The first-order valence-electron chi connectivity index (χ1n) is 5.01. The van der Waals surface area contributed by atoms with Gasteiger partial charge >= 0.3 is 0 Å². The highest BCUT2D eigenvalue weighted by Gasteiger charge is 2.43. The zero-order valence-electron chi connectivity index (χ0n) is 9.31. The van der Waals surface area contributed by atoms with Crippen LogP contribution in [0.4, 0.5) is 8.78 Å². The monoisotopic (exact) mass is 219 g/mol. The smallest absolute Gasteiger partial charge is 0.267 e. The minimum absolute atomic E-state index is 0.0668. The van der Waals surface area contributed by atoms with Gasteiger partial charge in [0.2, 0.25) is 5.91 Å².